The Morgan fingerprint density at radius 2 is 1.88 bits per heavy atom. The second-order valence-electron chi connectivity index (χ2n) is 4.28. The molecular formula is C13H22N2O. The fraction of sp³-hybridized carbons (Fsp3) is 0.538. The minimum absolute atomic E-state index is 0.337. The van der Waals surface area contributed by atoms with Crippen molar-refractivity contribution in [2.45, 2.75) is 26.8 Å². The van der Waals surface area contributed by atoms with Crippen LogP contribution in [0.3, 0.4) is 0 Å². The standard InChI is InChI=1S/C13H22N2O/c1-4-16-9-13(10(2)3)15-12-7-5-11(14)6-8-12/h5-8,10,13,15H,4,9,14H2,1-3H3. The first kappa shape index (κ1) is 12.8. The number of hydrogen-bond acceptors (Lipinski definition) is 3. The van der Waals surface area contributed by atoms with Gasteiger partial charge in [0.1, 0.15) is 0 Å². The van der Waals surface area contributed by atoms with Gasteiger partial charge in [0.05, 0.1) is 12.6 Å². The second kappa shape index (κ2) is 6.38. The molecule has 1 aromatic rings. The molecule has 0 aliphatic heterocycles. The summed E-state index contributed by atoms with van der Waals surface area (Å²) < 4.78 is 5.47. The molecule has 0 bridgehead atoms. The van der Waals surface area contributed by atoms with Crippen molar-refractivity contribution >= 4 is 11.4 Å². The van der Waals surface area contributed by atoms with Crippen LogP contribution < -0.4 is 11.1 Å². The summed E-state index contributed by atoms with van der Waals surface area (Å²) in [6.07, 6.45) is 0. The number of rotatable bonds is 6. The van der Waals surface area contributed by atoms with Gasteiger partial charge in [-0.05, 0) is 37.1 Å². The van der Waals surface area contributed by atoms with Crippen molar-refractivity contribution in [2.24, 2.45) is 5.92 Å². The molecule has 0 amide bonds. The highest BCUT2D eigenvalue weighted by atomic mass is 16.5. The predicted molar refractivity (Wildman–Crippen MR) is 69.6 cm³/mol. The Hall–Kier alpha value is -1.22. The van der Waals surface area contributed by atoms with E-state index >= 15 is 0 Å². The lowest BCUT2D eigenvalue weighted by Gasteiger charge is -2.23. The van der Waals surface area contributed by atoms with Crippen molar-refractivity contribution in [2.75, 3.05) is 24.3 Å². The van der Waals surface area contributed by atoms with Gasteiger partial charge in [-0.1, -0.05) is 13.8 Å². The zero-order chi connectivity index (χ0) is 12.0. The van der Waals surface area contributed by atoms with E-state index in [1.807, 2.05) is 31.2 Å². The van der Waals surface area contributed by atoms with Crippen LogP contribution in [-0.2, 0) is 4.74 Å². The van der Waals surface area contributed by atoms with Crippen LogP contribution in [-0.4, -0.2) is 19.3 Å². The molecule has 0 heterocycles. The van der Waals surface area contributed by atoms with Gasteiger partial charge >= 0.3 is 0 Å². The molecule has 3 N–H and O–H groups in total. The van der Waals surface area contributed by atoms with E-state index in [0.717, 1.165) is 24.6 Å². The first-order chi connectivity index (χ1) is 7.63. The van der Waals surface area contributed by atoms with Gasteiger partial charge in [0, 0.05) is 18.0 Å². The van der Waals surface area contributed by atoms with E-state index in [1.54, 1.807) is 0 Å². The van der Waals surface area contributed by atoms with Crippen LogP contribution in [0.15, 0.2) is 24.3 Å². The maximum Gasteiger partial charge on any atom is 0.0670 e. The van der Waals surface area contributed by atoms with E-state index < -0.39 is 0 Å². The summed E-state index contributed by atoms with van der Waals surface area (Å²) in [5.41, 5.74) is 7.52. The van der Waals surface area contributed by atoms with Crippen LogP contribution in [0.1, 0.15) is 20.8 Å². The molecule has 1 atom stereocenters. The summed E-state index contributed by atoms with van der Waals surface area (Å²) >= 11 is 0. The van der Waals surface area contributed by atoms with Gasteiger partial charge in [-0.2, -0.15) is 0 Å². The fourth-order valence-corrected chi connectivity index (χ4v) is 1.44. The number of nitrogen functional groups attached to an aromatic ring is 1. The largest absolute Gasteiger partial charge is 0.399 e. The maximum absolute atomic E-state index is 5.65. The SMILES string of the molecule is CCOCC(Nc1ccc(N)cc1)C(C)C. The molecule has 0 aromatic heterocycles. The maximum atomic E-state index is 5.65. The summed E-state index contributed by atoms with van der Waals surface area (Å²) in [4.78, 5) is 0. The molecule has 0 radical (unpaired) electrons. The van der Waals surface area contributed by atoms with Crippen LogP contribution in [0, 0.1) is 5.92 Å². The van der Waals surface area contributed by atoms with E-state index in [1.165, 1.54) is 0 Å². The number of hydrogen-bond donors (Lipinski definition) is 2. The lowest BCUT2D eigenvalue weighted by molar-refractivity contribution is 0.127. The molecule has 0 saturated carbocycles. The Morgan fingerprint density at radius 1 is 1.25 bits per heavy atom. The molecule has 3 heteroatoms. The number of ether oxygens (including phenoxy) is 1. The Bertz CT molecular complexity index is 295. The molecular weight excluding hydrogens is 200 g/mol. The van der Waals surface area contributed by atoms with Gasteiger partial charge in [0.2, 0.25) is 0 Å². The van der Waals surface area contributed by atoms with Crippen molar-refractivity contribution in [1.82, 2.24) is 0 Å². The van der Waals surface area contributed by atoms with Crippen LogP contribution in [0.25, 0.3) is 0 Å². The van der Waals surface area contributed by atoms with Gasteiger partial charge < -0.3 is 15.8 Å². The second-order valence-corrected chi connectivity index (χ2v) is 4.28. The first-order valence-electron chi connectivity index (χ1n) is 5.83. The topological polar surface area (TPSA) is 47.3 Å². The van der Waals surface area contributed by atoms with Gasteiger partial charge in [-0.15, -0.1) is 0 Å². The predicted octanol–water partition coefficient (Wildman–Crippen LogP) is 2.74. The summed E-state index contributed by atoms with van der Waals surface area (Å²) in [6.45, 7) is 7.88. The average molecular weight is 222 g/mol. The molecule has 90 valence electrons. The third-order valence-electron chi connectivity index (χ3n) is 2.57. The normalized spacial score (nSPS) is 12.8. The van der Waals surface area contributed by atoms with Crippen LogP contribution in [0.2, 0.25) is 0 Å². The third kappa shape index (κ3) is 4.11. The lowest BCUT2D eigenvalue weighted by Crippen LogP contribution is -2.30. The zero-order valence-electron chi connectivity index (χ0n) is 10.4. The Balaban J connectivity index is 2.57. The summed E-state index contributed by atoms with van der Waals surface area (Å²) in [6, 6.07) is 8.14. The highest BCUT2D eigenvalue weighted by Gasteiger charge is 2.12. The third-order valence-corrected chi connectivity index (χ3v) is 2.57. The lowest BCUT2D eigenvalue weighted by atomic mass is 10.0. The van der Waals surface area contributed by atoms with Crippen LogP contribution >= 0.6 is 0 Å². The zero-order valence-corrected chi connectivity index (χ0v) is 10.4. The molecule has 0 aliphatic carbocycles. The fourth-order valence-electron chi connectivity index (χ4n) is 1.44. The van der Waals surface area contributed by atoms with E-state index in [0.29, 0.717) is 12.0 Å². The smallest absolute Gasteiger partial charge is 0.0670 e. The minimum atomic E-state index is 0.337. The number of anilines is 2. The Kier molecular flexibility index (Phi) is 5.12. The molecule has 1 rings (SSSR count). The van der Waals surface area contributed by atoms with Gasteiger partial charge in [0.15, 0.2) is 0 Å². The monoisotopic (exact) mass is 222 g/mol. The Morgan fingerprint density at radius 3 is 2.38 bits per heavy atom. The van der Waals surface area contributed by atoms with E-state index in [4.69, 9.17) is 10.5 Å². The highest BCUT2D eigenvalue weighted by molar-refractivity contribution is 5.51. The minimum Gasteiger partial charge on any atom is -0.399 e. The van der Waals surface area contributed by atoms with Crippen molar-refractivity contribution in [3.8, 4) is 0 Å². The van der Waals surface area contributed by atoms with Gasteiger partial charge in [0.25, 0.3) is 0 Å². The van der Waals surface area contributed by atoms with Gasteiger partial charge in [-0.25, -0.2) is 0 Å². The molecule has 0 fully saturated rings. The summed E-state index contributed by atoms with van der Waals surface area (Å²) in [5, 5.41) is 3.46. The summed E-state index contributed by atoms with van der Waals surface area (Å²) in [5.74, 6) is 0.532. The van der Waals surface area contributed by atoms with Gasteiger partial charge in [-0.3, -0.25) is 0 Å². The molecule has 16 heavy (non-hydrogen) atoms. The van der Waals surface area contributed by atoms with Crippen molar-refractivity contribution in [1.29, 1.82) is 0 Å². The number of nitrogens with two attached hydrogens (primary N) is 1. The molecule has 0 spiro atoms. The van der Waals surface area contributed by atoms with E-state index in [9.17, 15) is 0 Å². The van der Waals surface area contributed by atoms with E-state index in [2.05, 4.69) is 19.2 Å². The van der Waals surface area contributed by atoms with Crippen molar-refractivity contribution in [3.05, 3.63) is 24.3 Å². The number of benzene rings is 1. The van der Waals surface area contributed by atoms with E-state index in [-0.39, 0.29) is 0 Å². The average Bonchev–Trinajstić information content (AvgIpc) is 2.26. The Labute approximate surface area is 98.0 Å². The number of nitrogens with one attached hydrogen (secondary N) is 1. The van der Waals surface area contributed by atoms with Crippen molar-refractivity contribution in [3.63, 3.8) is 0 Å². The first-order valence-corrected chi connectivity index (χ1v) is 5.83. The molecule has 0 saturated heterocycles. The quantitative estimate of drug-likeness (QED) is 0.728. The highest BCUT2D eigenvalue weighted by Crippen LogP contribution is 2.15. The molecule has 1 unspecified atom stereocenters. The molecule has 1 aromatic carbocycles. The summed E-state index contributed by atoms with van der Waals surface area (Å²) in [7, 11) is 0. The molecule has 3 nitrogen and oxygen atoms in total. The molecule has 0 aliphatic rings. The van der Waals surface area contributed by atoms with Crippen LogP contribution in [0.4, 0.5) is 11.4 Å². The van der Waals surface area contributed by atoms with Crippen LogP contribution in [0.5, 0.6) is 0 Å². The van der Waals surface area contributed by atoms with Crippen molar-refractivity contribution < 1.29 is 4.74 Å².